The molecule has 0 amide bonds. The third-order valence-electron chi connectivity index (χ3n) is 0.357. The quantitative estimate of drug-likeness (QED) is 0.508. The van der Waals surface area contributed by atoms with Crippen molar-refractivity contribution in [3.8, 4) is 0 Å². The van der Waals surface area contributed by atoms with E-state index in [4.69, 9.17) is 10.2 Å². The Morgan fingerprint density at radius 2 is 1.89 bits per heavy atom. The summed E-state index contributed by atoms with van der Waals surface area (Å²) in [4.78, 5) is 9.45. The van der Waals surface area contributed by atoms with Crippen molar-refractivity contribution in [3.05, 3.63) is 0 Å². The van der Waals surface area contributed by atoms with E-state index in [0.29, 0.717) is 0 Å². The van der Waals surface area contributed by atoms with Crippen molar-refractivity contribution in [2.24, 2.45) is 0 Å². The van der Waals surface area contributed by atoms with E-state index in [9.17, 15) is 4.79 Å². The van der Waals surface area contributed by atoms with Crippen LogP contribution in [0.3, 0.4) is 0 Å². The Labute approximate surface area is 72.5 Å². The van der Waals surface area contributed by atoms with Gasteiger partial charge in [-0.15, -0.1) is 0 Å². The van der Waals surface area contributed by atoms with Crippen LogP contribution in [0.15, 0.2) is 0 Å². The van der Waals surface area contributed by atoms with E-state index in [0.717, 1.165) is 0 Å². The SMILES string of the molecule is CC(O)C(=O)O.C[CH2][Na]. The van der Waals surface area contributed by atoms with Gasteiger partial charge in [-0.25, -0.2) is 4.79 Å². The molecular formula is C5H11NaO3. The molecule has 0 spiro atoms. The molecule has 2 N–H and O–H groups in total. The van der Waals surface area contributed by atoms with Gasteiger partial charge >= 0.3 is 44.5 Å². The molecule has 0 fully saturated rings. The molecule has 9 heavy (non-hydrogen) atoms. The molecule has 0 aromatic carbocycles. The van der Waals surface area contributed by atoms with Crippen molar-refractivity contribution < 1.29 is 15.0 Å². The second-order valence-corrected chi connectivity index (χ2v) is 3.14. The summed E-state index contributed by atoms with van der Waals surface area (Å²) in [6.07, 6.45) is -1.23. The molecule has 0 saturated heterocycles. The van der Waals surface area contributed by atoms with E-state index in [1.54, 1.807) is 0 Å². The first-order valence-electron chi connectivity index (χ1n) is 2.97. The first kappa shape index (κ1) is 12.1. The zero-order valence-corrected chi connectivity index (χ0v) is 8.09. The van der Waals surface area contributed by atoms with Crippen LogP contribution in [0.4, 0.5) is 0 Å². The summed E-state index contributed by atoms with van der Waals surface area (Å²) in [5.74, 6) is -1.19. The Morgan fingerprint density at radius 1 is 1.78 bits per heavy atom. The van der Waals surface area contributed by atoms with Crippen LogP contribution in [0.25, 0.3) is 0 Å². The van der Waals surface area contributed by atoms with Crippen LogP contribution < -0.4 is 0 Å². The fraction of sp³-hybridized carbons (Fsp3) is 0.800. The van der Waals surface area contributed by atoms with Gasteiger partial charge in [0.05, 0.1) is 0 Å². The standard InChI is InChI=1S/C3H6O3.C2H5.Na/c1-2(4)3(5)6;1-2;/h2,4H,1H3,(H,5,6);1H2,2H3;. The molecule has 0 aliphatic rings. The van der Waals surface area contributed by atoms with Gasteiger partial charge in [0.2, 0.25) is 0 Å². The number of carboxylic acid groups (broad SMARTS) is 1. The normalized spacial score (nSPS) is 11.2. The van der Waals surface area contributed by atoms with E-state index in [1.807, 2.05) is 0 Å². The molecule has 0 saturated carbocycles. The molecule has 1 atom stereocenters. The van der Waals surface area contributed by atoms with Gasteiger partial charge < -0.3 is 10.2 Å². The molecule has 1 unspecified atom stereocenters. The molecule has 0 radical (unpaired) electrons. The molecule has 0 rings (SSSR count). The van der Waals surface area contributed by atoms with Crippen molar-refractivity contribution in [2.75, 3.05) is 0 Å². The van der Waals surface area contributed by atoms with Gasteiger partial charge in [0, 0.05) is 0 Å². The van der Waals surface area contributed by atoms with Crippen molar-refractivity contribution in [2.45, 2.75) is 23.6 Å². The van der Waals surface area contributed by atoms with E-state index in [1.165, 1.54) is 38.5 Å². The number of hydrogen-bond donors (Lipinski definition) is 2. The number of aliphatic hydroxyl groups is 1. The zero-order valence-electron chi connectivity index (χ0n) is 6.09. The van der Waals surface area contributed by atoms with Crippen LogP contribution in [-0.2, 0) is 4.79 Å². The molecule has 0 bridgehead atoms. The Hall–Kier alpha value is 0.430. The fourth-order valence-electron chi connectivity index (χ4n) is 0. The van der Waals surface area contributed by atoms with Crippen LogP contribution in [0, 0.1) is 0 Å². The molecule has 0 aliphatic carbocycles. The maximum absolute atomic E-state index is 9.45. The Balaban J connectivity index is 0. The number of carbonyl (C=O) groups is 1. The number of carboxylic acids is 1. The van der Waals surface area contributed by atoms with Gasteiger partial charge in [0.15, 0.2) is 0 Å². The van der Waals surface area contributed by atoms with Crippen LogP contribution in [-0.4, -0.2) is 50.2 Å². The predicted octanol–water partition coefficient (Wildman–Crippen LogP) is 0.0449. The fourth-order valence-corrected chi connectivity index (χ4v) is 0. The summed E-state index contributed by atoms with van der Waals surface area (Å²) in [7, 11) is 0. The average Bonchev–Trinajstić information content (AvgIpc) is 1.68. The molecule has 0 heterocycles. The van der Waals surface area contributed by atoms with Gasteiger partial charge in [-0.3, -0.25) is 0 Å². The second-order valence-electron chi connectivity index (χ2n) is 1.72. The summed E-state index contributed by atoms with van der Waals surface area (Å²) >= 11 is 1.37. The summed E-state index contributed by atoms with van der Waals surface area (Å²) in [5.41, 5.74) is 0. The Bertz CT molecular complexity index is 72.6. The minimum absolute atomic E-state index is 1.19. The van der Waals surface area contributed by atoms with E-state index in [2.05, 4.69) is 6.92 Å². The zero-order chi connectivity index (χ0) is 7.86. The molecular weight excluding hydrogens is 131 g/mol. The maximum atomic E-state index is 9.45. The number of aliphatic carboxylic acids is 1. The molecule has 4 heteroatoms. The number of hydrogen-bond acceptors (Lipinski definition) is 2. The molecule has 0 aromatic rings. The summed E-state index contributed by atoms with van der Waals surface area (Å²) < 4.78 is 1.39. The molecule has 0 aliphatic heterocycles. The third-order valence-corrected chi connectivity index (χ3v) is 0.357. The number of rotatable bonds is 1. The van der Waals surface area contributed by atoms with Gasteiger partial charge in [0.1, 0.15) is 6.10 Å². The van der Waals surface area contributed by atoms with Crippen LogP contribution >= 0.6 is 0 Å². The van der Waals surface area contributed by atoms with Crippen molar-refractivity contribution >= 4 is 33.9 Å². The summed E-state index contributed by atoms with van der Waals surface area (Å²) in [6, 6.07) is 0. The minimum atomic E-state index is -1.23. The second kappa shape index (κ2) is 8.43. The van der Waals surface area contributed by atoms with Gasteiger partial charge in [-0.2, -0.15) is 0 Å². The van der Waals surface area contributed by atoms with Crippen molar-refractivity contribution in [1.82, 2.24) is 0 Å². The van der Waals surface area contributed by atoms with Crippen molar-refractivity contribution in [1.29, 1.82) is 0 Å². The average molecular weight is 142 g/mol. The first-order valence-corrected chi connectivity index (χ1v) is 4.38. The van der Waals surface area contributed by atoms with Gasteiger partial charge in [0.25, 0.3) is 0 Å². The Morgan fingerprint density at radius 3 is 1.89 bits per heavy atom. The molecule has 3 nitrogen and oxygen atoms in total. The first-order chi connectivity index (χ1) is 4.06. The van der Waals surface area contributed by atoms with Gasteiger partial charge in [-0.05, 0) is 6.92 Å². The van der Waals surface area contributed by atoms with Gasteiger partial charge in [-0.1, -0.05) is 0 Å². The molecule has 0 aromatic heterocycles. The van der Waals surface area contributed by atoms with E-state index in [-0.39, 0.29) is 0 Å². The Kier molecular flexibility index (Phi) is 11.4. The summed E-state index contributed by atoms with van der Waals surface area (Å²) in [6.45, 7) is 3.38. The van der Waals surface area contributed by atoms with Crippen LogP contribution in [0.1, 0.15) is 13.8 Å². The van der Waals surface area contributed by atoms with Crippen LogP contribution in [0.5, 0.6) is 0 Å². The number of aliphatic hydroxyl groups excluding tert-OH is 1. The van der Waals surface area contributed by atoms with E-state index >= 15 is 0 Å². The van der Waals surface area contributed by atoms with Crippen molar-refractivity contribution in [3.63, 3.8) is 0 Å². The summed E-state index contributed by atoms with van der Waals surface area (Å²) in [5, 5.41) is 15.8. The van der Waals surface area contributed by atoms with E-state index < -0.39 is 12.1 Å². The molecule has 50 valence electrons. The predicted molar refractivity (Wildman–Crippen MR) is 35.6 cm³/mol. The third kappa shape index (κ3) is 17.8. The topological polar surface area (TPSA) is 57.5 Å². The van der Waals surface area contributed by atoms with Crippen LogP contribution in [0.2, 0.25) is 3.67 Å². The monoisotopic (exact) mass is 142 g/mol.